The largest absolute Gasteiger partial charge is 0.437 e. The summed E-state index contributed by atoms with van der Waals surface area (Å²) >= 11 is 1.35. The van der Waals surface area contributed by atoms with Gasteiger partial charge < -0.3 is 9.73 Å². The molecule has 2 aromatic heterocycles. The zero-order chi connectivity index (χ0) is 18.0. The number of nitro groups is 1. The van der Waals surface area contributed by atoms with Crippen molar-refractivity contribution in [2.75, 3.05) is 5.32 Å². The van der Waals surface area contributed by atoms with Crippen LogP contribution >= 0.6 is 11.3 Å². The van der Waals surface area contributed by atoms with Crippen LogP contribution in [0.5, 0.6) is 0 Å². The second-order valence-corrected chi connectivity index (χ2v) is 6.01. The normalized spacial score (nSPS) is 10.6. The maximum absolute atomic E-state index is 12.1. The molecule has 2 heterocycles. The minimum atomic E-state index is -0.755. The highest BCUT2D eigenvalue weighted by atomic mass is 32.1. The van der Waals surface area contributed by atoms with E-state index in [0.717, 1.165) is 4.68 Å². The highest BCUT2D eigenvalue weighted by Crippen LogP contribution is 2.25. The van der Waals surface area contributed by atoms with Gasteiger partial charge in [0.2, 0.25) is 5.91 Å². The van der Waals surface area contributed by atoms with Crippen LogP contribution in [0.15, 0.2) is 44.9 Å². The van der Waals surface area contributed by atoms with Gasteiger partial charge in [0.25, 0.3) is 11.6 Å². The first-order valence-corrected chi connectivity index (χ1v) is 7.99. The molecule has 0 aliphatic rings. The molecular weight excluding hydrogens is 348 g/mol. The van der Waals surface area contributed by atoms with Gasteiger partial charge in [-0.15, -0.1) is 16.4 Å². The number of rotatable bonds is 5. The van der Waals surface area contributed by atoms with Crippen molar-refractivity contribution in [1.29, 1.82) is 0 Å². The van der Waals surface area contributed by atoms with Crippen molar-refractivity contribution in [2.45, 2.75) is 13.5 Å². The Hall–Kier alpha value is -3.27. The van der Waals surface area contributed by atoms with Crippen molar-refractivity contribution in [3.8, 4) is 10.8 Å². The number of anilines is 1. The number of hydrogen-bond donors (Lipinski definition) is 1. The van der Waals surface area contributed by atoms with Crippen LogP contribution in [0.4, 0.5) is 11.4 Å². The molecular formula is C15H12N4O5S. The third-order valence-electron chi connectivity index (χ3n) is 3.41. The summed E-state index contributed by atoms with van der Waals surface area (Å²) in [5.74, 6) is -1.16. The number of aromatic nitrogens is 2. The van der Waals surface area contributed by atoms with E-state index in [1.54, 1.807) is 18.2 Å². The molecule has 0 fully saturated rings. The number of thiophene rings is 1. The Balaban J connectivity index is 1.77. The quantitative estimate of drug-likeness (QED) is 0.551. The Morgan fingerprint density at radius 2 is 2.20 bits per heavy atom. The van der Waals surface area contributed by atoms with E-state index in [1.807, 2.05) is 5.38 Å². The Labute approximate surface area is 144 Å². The zero-order valence-electron chi connectivity index (χ0n) is 13.0. The highest BCUT2D eigenvalue weighted by molar-refractivity contribution is 7.13. The van der Waals surface area contributed by atoms with E-state index < -0.39 is 16.6 Å². The number of nitrogens with zero attached hydrogens (tertiary/aromatic N) is 3. The van der Waals surface area contributed by atoms with E-state index in [4.69, 9.17) is 4.42 Å². The van der Waals surface area contributed by atoms with Crippen LogP contribution in [0.1, 0.15) is 5.56 Å². The van der Waals surface area contributed by atoms with Crippen molar-refractivity contribution >= 4 is 28.6 Å². The van der Waals surface area contributed by atoms with Crippen LogP contribution in [0.25, 0.3) is 10.8 Å². The predicted octanol–water partition coefficient (Wildman–Crippen LogP) is 2.42. The molecule has 0 atom stereocenters. The molecule has 3 rings (SSSR count). The van der Waals surface area contributed by atoms with Gasteiger partial charge in [0.05, 0.1) is 21.1 Å². The summed E-state index contributed by atoms with van der Waals surface area (Å²) in [6.07, 6.45) is 0. The highest BCUT2D eigenvalue weighted by Gasteiger charge is 2.17. The maximum atomic E-state index is 12.1. The lowest BCUT2D eigenvalue weighted by Gasteiger charge is -2.07. The lowest BCUT2D eigenvalue weighted by atomic mass is 10.1. The monoisotopic (exact) mass is 360 g/mol. The first kappa shape index (κ1) is 16.6. The Morgan fingerprint density at radius 1 is 1.40 bits per heavy atom. The van der Waals surface area contributed by atoms with Gasteiger partial charge in [0, 0.05) is 6.07 Å². The number of amides is 1. The van der Waals surface area contributed by atoms with Crippen LogP contribution < -0.4 is 11.1 Å². The molecule has 0 bridgehead atoms. The smallest absolute Gasteiger partial charge is 0.387 e. The van der Waals surface area contributed by atoms with Crippen LogP contribution in [0, 0.1) is 17.0 Å². The molecule has 0 spiro atoms. The first-order valence-electron chi connectivity index (χ1n) is 7.11. The molecule has 10 heteroatoms. The number of benzene rings is 1. The summed E-state index contributed by atoms with van der Waals surface area (Å²) in [6.45, 7) is 1.17. The third-order valence-corrected chi connectivity index (χ3v) is 4.27. The van der Waals surface area contributed by atoms with Gasteiger partial charge in [0.15, 0.2) is 0 Å². The maximum Gasteiger partial charge on any atom is 0.437 e. The lowest BCUT2D eigenvalue weighted by molar-refractivity contribution is -0.385. The average Bonchev–Trinajstić information content (AvgIpc) is 3.19. The van der Waals surface area contributed by atoms with Crippen molar-refractivity contribution in [2.24, 2.45) is 0 Å². The fourth-order valence-electron chi connectivity index (χ4n) is 2.19. The summed E-state index contributed by atoms with van der Waals surface area (Å²) in [4.78, 5) is 35.0. The number of hydrogen-bond acceptors (Lipinski definition) is 7. The Kier molecular flexibility index (Phi) is 4.44. The van der Waals surface area contributed by atoms with Gasteiger partial charge in [-0.1, -0.05) is 12.1 Å². The van der Waals surface area contributed by atoms with Crippen LogP contribution in [0.2, 0.25) is 0 Å². The van der Waals surface area contributed by atoms with E-state index in [0.29, 0.717) is 16.1 Å². The second kappa shape index (κ2) is 6.69. The predicted molar refractivity (Wildman–Crippen MR) is 90.5 cm³/mol. The molecule has 0 unspecified atom stereocenters. The summed E-state index contributed by atoms with van der Waals surface area (Å²) in [5.41, 5.74) is 0.526. The molecule has 1 aromatic carbocycles. The average molecular weight is 360 g/mol. The van der Waals surface area contributed by atoms with Crippen LogP contribution in [0.3, 0.4) is 0 Å². The molecule has 0 saturated heterocycles. The Bertz CT molecular complexity index is 990. The minimum Gasteiger partial charge on any atom is -0.387 e. The van der Waals surface area contributed by atoms with Crippen molar-refractivity contribution in [3.05, 3.63) is 61.9 Å². The molecule has 3 aromatic rings. The summed E-state index contributed by atoms with van der Waals surface area (Å²) in [5, 5.41) is 19.3. The summed E-state index contributed by atoms with van der Waals surface area (Å²) < 4.78 is 5.92. The SMILES string of the molecule is Cc1c(NC(=O)Cn2nc(-c3cccs3)oc2=O)cccc1[N+](=O)[O-]. The fraction of sp³-hybridized carbons (Fsp3) is 0.133. The number of carbonyl (C=O) groups excluding carboxylic acids is 1. The van der Waals surface area contributed by atoms with Gasteiger partial charge in [-0.2, -0.15) is 4.68 Å². The van der Waals surface area contributed by atoms with Gasteiger partial charge in [-0.25, -0.2) is 4.79 Å². The number of nitrogens with one attached hydrogen (secondary N) is 1. The molecule has 9 nitrogen and oxygen atoms in total. The fourth-order valence-corrected chi connectivity index (χ4v) is 2.83. The van der Waals surface area contributed by atoms with E-state index in [2.05, 4.69) is 10.4 Å². The van der Waals surface area contributed by atoms with Crippen molar-refractivity contribution in [1.82, 2.24) is 9.78 Å². The number of nitro benzene ring substituents is 1. The van der Waals surface area contributed by atoms with Crippen LogP contribution in [-0.2, 0) is 11.3 Å². The molecule has 0 radical (unpaired) electrons. The molecule has 1 N–H and O–H groups in total. The van der Waals surface area contributed by atoms with Crippen molar-refractivity contribution < 1.29 is 14.1 Å². The number of carbonyl (C=O) groups is 1. The van der Waals surface area contributed by atoms with E-state index >= 15 is 0 Å². The van der Waals surface area contributed by atoms with Gasteiger partial charge in [-0.3, -0.25) is 14.9 Å². The van der Waals surface area contributed by atoms with Gasteiger partial charge in [-0.05, 0) is 24.4 Å². The van der Waals surface area contributed by atoms with Gasteiger partial charge >= 0.3 is 5.76 Å². The molecule has 25 heavy (non-hydrogen) atoms. The minimum absolute atomic E-state index is 0.101. The first-order chi connectivity index (χ1) is 12.0. The van der Waals surface area contributed by atoms with Crippen LogP contribution in [-0.4, -0.2) is 20.6 Å². The molecule has 1 amide bonds. The summed E-state index contributed by atoms with van der Waals surface area (Å²) in [7, 11) is 0. The summed E-state index contributed by atoms with van der Waals surface area (Å²) in [6, 6.07) is 7.89. The second-order valence-electron chi connectivity index (χ2n) is 5.06. The van der Waals surface area contributed by atoms with E-state index in [1.165, 1.54) is 30.4 Å². The van der Waals surface area contributed by atoms with E-state index in [9.17, 15) is 19.7 Å². The van der Waals surface area contributed by atoms with E-state index in [-0.39, 0.29) is 18.1 Å². The topological polar surface area (TPSA) is 120 Å². The third kappa shape index (κ3) is 3.48. The van der Waals surface area contributed by atoms with Gasteiger partial charge in [0.1, 0.15) is 6.54 Å². The standard InChI is InChI=1S/C15H12N4O5S/c1-9-10(4-2-5-11(9)19(22)23)16-13(20)8-18-15(21)24-14(17-18)12-6-3-7-25-12/h2-7H,8H2,1H3,(H,16,20). The van der Waals surface area contributed by atoms with Crippen molar-refractivity contribution in [3.63, 3.8) is 0 Å². The lowest BCUT2D eigenvalue weighted by Crippen LogP contribution is -2.26. The molecule has 0 saturated carbocycles. The molecule has 0 aliphatic carbocycles. The molecule has 0 aliphatic heterocycles. The molecule has 128 valence electrons. The zero-order valence-corrected chi connectivity index (χ0v) is 13.8. The Morgan fingerprint density at radius 3 is 2.88 bits per heavy atom.